The topological polar surface area (TPSA) is 72.3 Å². The molecule has 3 nitrogen and oxygen atoms in total. The Bertz CT molecular complexity index is 114. The summed E-state index contributed by atoms with van der Waals surface area (Å²) in [5.41, 5.74) is 11.3. The maximum atomic E-state index is 8.83. The molecule has 0 saturated carbocycles. The van der Waals surface area contributed by atoms with Gasteiger partial charge in [0.05, 0.1) is 11.9 Å². The molecule has 0 amide bonds. The minimum absolute atomic E-state index is 0.316. The molecule has 5 N–H and O–H groups in total. The van der Waals surface area contributed by atoms with Gasteiger partial charge in [0.1, 0.15) is 0 Å². The molecule has 1 atom stereocenters. The third-order valence-corrected chi connectivity index (χ3v) is 1.09. The van der Waals surface area contributed by atoms with Gasteiger partial charge in [-0.05, 0) is 25.8 Å². The molecule has 0 spiro atoms. The fourth-order valence-electron chi connectivity index (χ4n) is 0.561. The van der Waals surface area contributed by atoms with Crippen molar-refractivity contribution in [2.45, 2.75) is 26.4 Å². The molecule has 3 heteroatoms. The van der Waals surface area contributed by atoms with Gasteiger partial charge in [0.25, 0.3) is 0 Å². The molecule has 0 bridgehead atoms. The van der Waals surface area contributed by atoms with E-state index >= 15 is 0 Å². The van der Waals surface area contributed by atoms with Crippen LogP contribution in [0.5, 0.6) is 0 Å². The summed E-state index contributed by atoms with van der Waals surface area (Å²) in [5.74, 6) is 0.316. The van der Waals surface area contributed by atoms with Crippen molar-refractivity contribution in [2.24, 2.45) is 11.5 Å². The lowest BCUT2D eigenvalue weighted by atomic mass is 10.1. The van der Waals surface area contributed by atoms with Crippen molar-refractivity contribution < 1.29 is 5.11 Å². The highest BCUT2D eigenvalue weighted by Crippen LogP contribution is 2.03. The van der Waals surface area contributed by atoms with E-state index in [-0.39, 0.29) is 6.10 Å². The Hall–Kier alpha value is -0.700. The van der Waals surface area contributed by atoms with Crippen LogP contribution in [0, 0.1) is 0 Å². The summed E-state index contributed by atoms with van der Waals surface area (Å²) in [7, 11) is 0. The van der Waals surface area contributed by atoms with Crippen LogP contribution in [-0.2, 0) is 0 Å². The second kappa shape index (κ2) is 3.35. The van der Waals surface area contributed by atoms with Crippen LogP contribution in [0.25, 0.3) is 0 Å². The van der Waals surface area contributed by atoms with E-state index < -0.39 is 0 Å². The number of nitrogens with two attached hydrogens (primary N) is 2. The number of rotatable bonds is 2. The molecule has 54 valence electrons. The third kappa shape index (κ3) is 3.85. The van der Waals surface area contributed by atoms with Gasteiger partial charge in [0.2, 0.25) is 0 Å². The first-order chi connectivity index (χ1) is 4.04. The Balaban J connectivity index is 3.77. The zero-order chi connectivity index (χ0) is 7.44. The van der Waals surface area contributed by atoms with E-state index in [9.17, 15) is 0 Å². The Morgan fingerprint density at radius 2 is 2.00 bits per heavy atom. The molecule has 1 unspecified atom stereocenters. The molecule has 9 heavy (non-hydrogen) atoms. The Labute approximate surface area is 55.3 Å². The van der Waals surface area contributed by atoms with Gasteiger partial charge in [-0.2, -0.15) is 0 Å². The molecule has 0 aliphatic heterocycles. The highest BCUT2D eigenvalue weighted by Gasteiger charge is 1.98. The van der Waals surface area contributed by atoms with Gasteiger partial charge in [0.15, 0.2) is 0 Å². The molecule has 0 aromatic rings. The van der Waals surface area contributed by atoms with Crippen LogP contribution in [0.4, 0.5) is 0 Å². The first-order valence-electron chi connectivity index (χ1n) is 2.92. The van der Waals surface area contributed by atoms with E-state index in [1.807, 2.05) is 6.92 Å². The van der Waals surface area contributed by atoms with Crippen molar-refractivity contribution in [1.82, 2.24) is 0 Å². The van der Waals surface area contributed by atoms with Crippen molar-refractivity contribution in [3.63, 3.8) is 0 Å². The molecular formula is C6H14N2O. The van der Waals surface area contributed by atoms with Crippen LogP contribution in [0.15, 0.2) is 11.4 Å². The van der Waals surface area contributed by atoms with Crippen molar-refractivity contribution in [3.05, 3.63) is 11.4 Å². The largest absolute Gasteiger partial charge is 0.393 e. The summed E-state index contributed by atoms with van der Waals surface area (Å²) >= 11 is 0. The zero-order valence-corrected chi connectivity index (χ0v) is 5.89. The number of hydrogen-bond donors (Lipinski definition) is 3. The normalized spacial score (nSPS) is 12.8. The van der Waals surface area contributed by atoms with E-state index in [2.05, 4.69) is 0 Å². The summed E-state index contributed by atoms with van der Waals surface area (Å²) in [4.78, 5) is 0. The molecule has 0 rings (SSSR count). The lowest BCUT2D eigenvalue weighted by Crippen LogP contribution is -2.13. The fourth-order valence-corrected chi connectivity index (χ4v) is 0.561. The molecule has 0 heterocycles. The van der Waals surface area contributed by atoms with Crippen molar-refractivity contribution in [1.29, 1.82) is 0 Å². The molecule has 0 saturated heterocycles. The van der Waals surface area contributed by atoms with E-state index in [0.717, 1.165) is 5.57 Å². The minimum atomic E-state index is -0.355. The summed E-state index contributed by atoms with van der Waals surface area (Å²) < 4.78 is 0. The van der Waals surface area contributed by atoms with Gasteiger partial charge >= 0.3 is 0 Å². The Morgan fingerprint density at radius 3 is 2.11 bits per heavy atom. The number of aliphatic hydroxyl groups excluding tert-OH is 1. The van der Waals surface area contributed by atoms with Crippen LogP contribution >= 0.6 is 0 Å². The molecule has 0 aliphatic carbocycles. The first-order valence-corrected chi connectivity index (χ1v) is 2.92. The Kier molecular flexibility index (Phi) is 3.09. The van der Waals surface area contributed by atoms with Gasteiger partial charge in [-0.1, -0.05) is 0 Å². The molecule has 0 aliphatic rings. The highest BCUT2D eigenvalue weighted by atomic mass is 16.3. The number of aliphatic hydroxyl groups is 1. The maximum absolute atomic E-state index is 8.83. The second-order valence-corrected chi connectivity index (χ2v) is 2.29. The average Bonchev–Trinajstić information content (AvgIpc) is 1.63. The van der Waals surface area contributed by atoms with Crippen LogP contribution in [0.1, 0.15) is 20.3 Å². The monoisotopic (exact) mass is 130 g/mol. The van der Waals surface area contributed by atoms with Crippen LogP contribution in [0.3, 0.4) is 0 Å². The third-order valence-electron chi connectivity index (χ3n) is 1.09. The van der Waals surface area contributed by atoms with Gasteiger partial charge < -0.3 is 16.6 Å². The van der Waals surface area contributed by atoms with Crippen LogP contribution in [-0.4, -0.2) is 11.2 Å². The summed E-state index contributed by atoms with van der Waals surface area (Å²) in [5, 5.41) is 8.83. The maximum Gasteiger partial charge on any atom is 0.0923 e. The van der Waals surface area contributed by atoms with E-state index in [0.29, 0.717) is 12.2 Å². The highest BCUT2D eigenvalue weighted by molar-refractivity contribution is 5.04. The van der Waals surface area contributed by atoms with Crippen molar-refractivity contribution in [3.8, 4) is 0 Å². The SMILES string of the molecule is CC(CC(C)O)=C(N)N. The van der Waals surface area contributed by atoms with Crippen molar-refractivity contribution >= 4 is 0 Å². The van der Waals surface area contributed by atoms with Gasteiger partial charge in [-0.15, -0.1) is 0 Å². The van der Waals surface area contributed by atoms with Gasteiger partial charge in [-0.3, -0.25) is 0 Å². The average molecular weight is 130 g/mol. The minimum Gasteiger partial charge on any atom is -0.393 e. The van der Waals surface area contributed by atoms with Crippen molar-refractivity contribution in [2.75, 3.05) is 0 Å². The van der Waals surface area contributed by atoms with Gasteiger partial charge in [0, 0.05) is 0 Å². The van der Waals surface area contributed by atoms with Crippen LogP contribution in [0.2, 0.25) is 0 Å². The standard InChI is InChI=1S/C6H14N2O/c1-4(6(7)8)3-5(2)9/h5,9H,3,7-8H2,1-2H3. The zero-order valence-electron chi connectivity index (χ0n) is 5.89. The van der Waals surface area contributed by atoms with E-state index in [4.69, 9.17) is 16.6 Å². The first kappa shape index (κ1) is 8.30. The van der Waals surface area contributed by atoms with Gasteiger partial charge in [-0.25, -0.2) is 0 Å². The fraction of sp³-hybridized carbons (Fsp3) is 0.667. The lowest BCUT2D eigenvalue weighted by molar-refractivity contribution is 0.195. The number of hydrogen-bond acceptors (Lipinski definition) is 3. The van der Waals surface area contributed by atoms with E-state index in [1.165, 1.54) is 0 Å². The molecule has 0 fully saturated rings. The lowest BCUT2D eigenvalue weighted by Gasteiger charge is -2.04. The predicted octanol–water partition coefficient (Wildman–Crippen LogP) is -0.0938. The Morgan fingerprint density at radius 1 is 1.56 bits per heavy atom. The summed E-state index contributed by atoms with van der Waals surface area (Å²) in [6, 6.07) is 0. The smallest absolute Gasteiger partial charge is 0.0923 e. The molecule has 0 aromatic carbocycles. The quantitative estimate of drug-likeness (QED) is 0.489. The molecular weight excluding hydrogens is 116 g/mol. The summed E-state index contributed by atoms with van der Waals surface area (Å²) in [6.07, 6.45) is 0.203. The summed E-state index contributed by atoms with van der Waals surface area (Å²) in [6.45, 7) is 3.51. The van der Waals surface area contributed by atoms with E-state index in [1.54, 1.807) is 6.92 Å². The second-order valence-electron chi connectivity index (χ2n) is 2.29. The molecule has 0 radical (unpaired) electrons. The predicted molar refractivity (Wildman–Crippen MR) is 37.4 cm³/mol. The van der Waals surface area contributed by atoms with Crippen LogP contribution < -0.4 is 11.5 Å². The molecule has 0 aromatic heterocycles.